The molecule has 17 heavy (non-hydrogen) atoms. The first kappa shape index (κ1) is 10.6. The zero-order chi connectivity index (χ0) is 11.8. The SMILES string of the molecule is O=c1[nH]c2cc(CCl)cnc2c2c1OCCC2. The predicted molar refractivity (Wildman–Crippen MR) is 65.7 cm³/mol. The molecular formula is C12H11ClN2O2. The largest absolute Gasteiger partial charge is 0.488 e. The van der Waals surface area contributed by atoms with Gasteiger partial charge in [0.1, 0.15) is 0 Å². The first-order chi connectivity index (χ1) is 8.29. The molecule has 0 radical (unpaired) electrons. The molecule has 0 fully saturated rings. The molecule has 0 bridgehead atoms. The quantitative estimate of drug-likeness (QED) is 0.788. The van der Waals surface area contributed by atoms with Gasteiger partial charge in [-0.3, -0.25) is 9.78 Å². The number of pyridine rings is 2. The summed E-state index contributed by atoms with van der Waals surface area (Å²) in [6, 6.07) is 1.87. The average molecular weight is 251 g/mol. The van der Waals surface area contributed by atoms with E-state index in [1.165, 1.54) is 0 Å². The maximum Gasteiger partial charge on any atom is 0.291 e. The van der Waals surface area contributed by atoms with E-state index < -0.39 is 0 Å². The zero-order valence-electron chi connectivity index (χ0n) is 9.12. The van der Waals surface area contributed by atoms with Crippen LogP contribution in [0.3, 0.4) is 0 Å². The van der Waals surface area contributed by atoms with Crippen LogP contribution in [-0.2, 0) is 12.3 Å². The highest BCUT2D eigenvalue weighted by Crippen LogP contribution is 2.26. The molecule has 4 nitrogen and oxygen atoms in total. The third-order valence-electron chi connectivity index (χ3n) is 2.93. The second-order valence-corrected chi connectivity index (χ2v) is 4.35. The Hall–Kier alpha value is -1.55. The normalized spacial score (nSPS) is 14.4. The highest BCUT2D eigenvalue weighted by Gasteiger charge is 2.18. The minimum Gasteiger partial charge on any atom is -0.488 e. The molecule has 0 spiro atoms. The number of halogens is 1. The van der Waals surface area contributed by atoms with Crippen molar-refractivity contribution in [1.82, 2.24) is 9.97 Å². The molecule has 0 amide bonds. The lowest BCUT2D eigenvalue weighted by Crippen LogP contribution is -2.19. The summed E-state index contributed by atoms with van der Waals surface area (Å²) >= 11 is 5.75. The molecule has 88 valence electrons. The summed E-state index contributed by atoms with van der Waals surface area (Å²) in [6.45, 7) is 0.599. The van der Waals surface area contributed by atoms with Crippen molar-refractivity contribution in [3.05, 3.63) is 33.7 Å². The molecule has 3 heterocycles. The molecular weight excluding hydrogens is 240 g/mol. The molecule has 5 heteroatoms. The fraction of sp³-hybridized carbons (Fsp3) is 0.333. The summed E-state index contributed by atoms with van der Waals surface area (Å²) in [7, 11) is 0. The first-order valence-electron chi connectivity index (χ1n) is 5.52. The minimum atomic E-state index is -0.180. The van der Waals surface area contributed by atoms with E-state index in [2.05, 4.69) is 9.97 Å². The van der Waals surface area contributed by atoms with Crippen LogP contribution in [0.25, 0.3) is 11.0 Å². The van der Waals surface area contributed by atoms with Gasteiger partial charge in [-0.25, -0.2) is 0 Å². The van der Waals surface area contributed by atoms with Crippen LogP contribution < -0.4 is 10.3 Å². The lowest BCUT2D eigenvalue weighted by Gasteiger charge is -2.17. The van der Waals surface area contributed by atoms with Gasteiger partial charge in [0, 0.05) is 17.6 Å². The summed E-state index contributed by atoms with van der Waals surface area (Å²) in [5.41, 5.74) is 3.17. The fourth-order valence-corrected chi connectivity index (χ4v) is 2.29. The van der Waals surface area contributed by atoms with Crippen molar-refractivity contribution < 1.29 is 4.74 Å². The van der Waals surface area contributed by atoms with E-state index in [1.807, 2.05) is 6.07 Å². The molecule has 2 aromatic rings. The van der Waals surface area contributed by atoms with Crippen LogP contribution in [0.2, 0.25) is 0 Å². The van der Waals surface area contributed by atoms with Crippen LogP contribution in [-0.4, -0.2) is 16.6 Å². The number of ether oxygens (including phenoxy) is 1. The van der Waals surface area contributed by atoms with Crippen LogP contribution in [0.1, 0.15) is 17.5 Å². The van der Waals surface area contributed by atoms with Crippen molar-refractivity contribution in [1.29, 1.82) is 0 Å². The summed E-state index contributed by atoms with van der Waals surface area (Å²) in [6.07, 6.45) is 3.50. The van der Waals surface area contributed by atoms with E-state index in [4.69, 9.17) is 16.3 Å². The molecule has 0 unspecified atom stereocenters. The molecule has 0 aliphatic carbocycles. The van der Waals surface area contributed by atoms with E-state index in [9.17, 15) is 4.79 Å². The Labute approximate surface area is 103 Å². The topological polar surface area (TPSA) is 55.0 Å². The molecule has 1 aliphatic heterocycles. The molecule has 0 atom stereocenters. The van der Waals surface area contributed by atoms with Crippen LogP contribution in [0.5, 0.6) is 5.75 Å². The third kappa shape index (κ3) is 1.69. The van der Waals surface area contributed by atoms with Gasteiger partial charge in [-0.1, -0.05) is 0 Å². The number of aryl methyl sites for hydroxylation is 1. The number of nitrogens with one attached hydrogen (secondary N) is 1. The van der Waals surface area contributed by atoms with Gasteiger partial charge in [-0.05, 0) is 24.5 Å². The molecule has 3 rings (SSSR count). The van der Waals surface area contributed by atoms with E-state index >= 15 is 0 Å². The standard InChI is InChI=1S/C12H11ClN2O2/c13-5-7-4-9-10(14-6-7)8-2-1-3-17-11(8)12(16)15-9/h4,6H,1-3,5H2,(H,15,16). The Morgan fingerprint density at radius 2 is 2.41 bits per heavy atom. The molecule has 0 saturated carbocycles. The molecule has 2 aromatic heterocycles. The average Bonchev–Trinajstić information content (AvgIpc) is 2.38. The van der Waals surface area contributed by atoms with Gasteiger partial charge in [-0.2, -0.15) is 0 Å². The minimum absolute atomic E-state index is 0.180. The van der Waals surface area contributed by atoms with Crippen molar-refractivity contribution in [3.8, 4) is 5.75 Å². The van der Waals surface area contributed by atoms with Gasteiger partial charge in [0.15, 0.2) is 5.75 Å². The van der Waals surface area contributed by atoms with Gasteiger partial charge in [0.25, 0.3) is 5.56 Å². The number of aromatic amines is 1. The fourth-order valence-electron chi connectivity index (χ4n) is 2.15. The summed E-state index contributed by atoms with van der Waals surface area (Å²) in [5.74, 6) is 0.813. The van der Waals surface area contributed by atoms with Gasteiger partial charge in [0.05, 0.1) is 17.6 Å². The first-order valence-corrected chi connectivity index (χ1v) is 6.05. The van der Waals surface area contributed by atoms with E-state index in [0.717, 1.165) is 35.0 Å². The van der Waals surface area contributed by atoms with Gasteiger partial charge < -0.3 is 9.72 Å². The van der Waals surface area contributed by atoms with Crippen LogP contribution >= 0.6 is 11.6 Å². The number of nitrogens with zero attached hydrogens (tertiary/aromatic N) is 1. The number of fused-ring (bicyclic) bond motifs is 3. The summed E-state index contributed by atoms with van der Waals surface area (Å²) in [5, 5.41) is 0. The lowest BCUT2D eigenvalue weighted by molar-refractivity contribution is 0.285. The number of alkyl halides is 1. The maximum atomic E-state index is 11.8. The smallest absolute Gasteiger partial charge is 0.291 e. The third-order valence-corrected chi connectivity index (χ3v) is 3.24. The van der Waals surface area contributed by atoms with Gasteiger partial charge in [-0.15, -0.1) is 11.6 Å². The monoisotopic (exact) mass is 250 g/mol. The van der Waals surface area contributed by atoms with Crippen molar-refractivity contribution >= 4 is 22.6 Å². The number of hydrogen-bond donors (Lipinski definition) is 1. The zero-order valence-corrected chi connectivity index (χ0v) is 9.88. The van der Waals surface area contributed by atoms with Crippen LogP contribution in [0, 0.1) is 0 Å². The molecule has 0 saturated heterocycles. The second-order valence-electron chi connectivity index (χ2n) is 4.09. The molecule has 1 N–H and O–H groups in total. The van der Waals surface area contributed by atoms with Crippen LogP contribution in [0.15, 0.2) is 17.1 Å². The Morgan fingerprint density at radius 3 is 3.24 bits per heavy atom. The number of H-pyrrole nitrogens is 1. The van der Waals surface area contributed by atoms with E-state index in [1.54, 1.807) is 6.20 Å². The Balaban J connectivity index is 2.34. The molecule has 0 aromatic carbocycles. The van der Waals surface area contributed by atoms with Crippen molar-refractivity contribution in [2.24, 2.45) is 0 Å². The number of aromatic nitrogens is 2. The van der Waals surface area contributed by atoms with Crippen LogP contribution in [0.4, 0.5) is 0 Å². The van der Waals surface area contributed by atoms with E-state index in [-0.39, 0.29) is 5.56 Å². The van der Waals surface area contributed by atoms with Gasteiger partial charge in [0.2, 0.25) is 0 Å². The Bertz CT molecular complexity index is 636. The Kier molecular flexibility index (Phi) is 2.52. The number of hydrogen-bond acceptors (Lipinski definition) is 3. The summed E-state index contributed by atoms with van der Waals surface area (Å²) < 4.78 is 5.41. The summed E-state index contributed by atoms with van der Waals surface area (Å²) in [4.78, 5) is 19.0. The van der Waals surface area contributed by atoms with Crippen molar-refractivity contribution in [2.75, 3.05) is 6.61 Å². The maximum absolute atomic E-state index is 11.8. The number of rotatable bonds is 1. The predicted octanol–water partition coefficient (Wildman–Crippen LogP) is 1.99. The van der Waals surface area contributed by atoms with E-state index in [0.29, 0.717) is 18.2 Å². The van der Waals surface area contributed by atoms with Gasteiger partial charge >= 0.3 is 0 Å². The van der Waals surface area contributed by atoms with Crippen molar-refractivity contribution in [3.63, 3.8) is 0 Å². The lowest BCUT2D eigenvalue weighted by atomic mass is 10.1. The second kappa shape index (κ2) is 4.04. The Morgan fingerprint density at radius 1 is 1.53 bits per heavy atom. The highest BCUT2D eigenvalue weighted by atomic mass is 35.5. The van der Waals surface area contributed by atoms with Crippen molar-refractivity contribution in [2.45, 2.75) is 18.7 Å². The highest BCUT2D eigenvalue weighted by molar-refractivity contribution is 6.17. The molecule has 1 aliphatic rings.